The van der Waals surface area contributed by atoms with Crippen LogP contribution in [0.15, 0.2) is 34.8 Å². The number of aromatic nitrogens is 2. The van der Waals surface area contributed by atoms with Gasteiger partial charge in [0.2, 0.25) is 0 Å². The number of benzene rings is 1. The van der Waals surface area contributed by atoms with Crippen LogP contribution in [0.3, 0.4) is 0 Å². The van der Waals surface area contributed by atoms with Gasteiger partial charge in [-0.2, -0.15) is 18.3 Å². The number of carbonyl (C=O) groups is 1. The SMILES string of the molecule is O=Cc1cc(C(F)(F)F)nn1-c1cccc(Br)c1. The maximum absolute atomic E-state index is 12.5. The van der Waals surface area contributed by atoms with Gasteiger partial charge in [0.05, 0.1) is 5.69 Å². The second-order valence-corrected chi connectivity index (χ2v) is 4.38. The summed E-state index contributed by atoms with van der Waals surface area (Å²) in [6.45, 7) is 0. The van der Waals surface area contributed by atoms with Gasteiger partial charge in [0.25, 0.3) is 0 Å². The fourth-order valence-corrected chi connectivity index (χ4v) is 1.82. The van der Waals surface area contributed by atoms with E-state index in [2.05, 4.69) is 21.0 Å². The molecule has 1 aromatic heterocycles. The minimum absolute atomic E-state index is 0.152. The zero-order valence-electron chi connectivity index (χ0n) is 8.78. The van der Waals surface area contributed by atoms with E-state index in [-0.39, 0.29) is 5.69 Å². The monoisotopic (exact) mass is 318 g/mol. The van der Waals surface area contributed by atoms with Crippen molar-refractivity contribution in [3.8, 4) is 5.69 Å². The molecule has 1 aromatic carbocycles. The topological polar surface area (TPSA) is 34.9 Å². The van der Waals surface area contributed by atoms with Crippen LogP contribution in [0.4, 0.5) is 13.2 Å². The fraction of sp³-hybridized carbons (Fsp3) is 0.0909. The van der Waals surface area contributed by atoms with Crippen molar-refractivity contribution < 1.29 is 18.0 Å². The van der Waals surface area contributed by atoms with Crippen molar-refractivity contribution in [3.63, 3.8) is 0 Å². The highest BCUT2D eigenvalue weighted by Gasteiger charge is 2.35. The third-order valence-electron chi connectivity index (χ3n) is 2.20. The van der Waals surface area contributed by atoms with Crippen LogP contribution in [0, 0.1) is 0 Å². The van der Waals surface area contributed by atoms with Crippen LogP contribution in [0.25, 0.3) is 5.69 Å². The molecule has 18 heavy (non-hydrogen) atoms. The summed E-state index contributed by atoms with van der Waals surface area (Å²) >= 11 is 3.20. The van der Waals surface area contributed by atoms with E-state index in [1.807, 2.05) is 0 Å². The predicted octanol–water partition coefficient (Wildman–Crippen LogP) is 3.47. The first-order valence-corrected chi connectivity index (χ1v) is 5.59. The molecule has 3 nitrogen and oxygen atoms in total. The van der Waals surface area contributed by atoms with Crippen LogP contribution in [-0.2, 0) is 6.18 Å². The highest BCUT2D eigenvalue weighted by Crippen LogP contribution is 2.29. The molecular formula is C11H6BrF3N2O. The van der Waals surface area contributed by atoms with Gasteiger partial charge in [0.15, 0.2) is 12.0 Å². The number of nitrogens with zero attached hydrogens (tertiary/aromatic N) is 2. The Balaban J connectivity index is 2.57. The minimum atomic E-state index is -4.57. The minimum Gasteiger partial charge on any atom is -0.296 e. The number of hydrogen-bond donors (Lipinski definition) is 0. The van der Waals surface area contributed by atoms with E-state index in [9.17, 15) is 18.0 Å². The van der Waals surface area contributed by atoms with Crippen molar-refractivity contribution in [2.45, 2.75) is 6.18 Å². The van der Waals surface area contributed by atoms with Crippen LogP contribution < -0.4 is 0 Å². The molecule has 0 aliphatic heterocycles. The highest BCUT2D eigenvalue weighted by molar-refractivity contribution is 9.10. The second kappa shape index (κ2) is 4.56. The summed E-state index contributed by atoms with van der Waals surface area (Å²) in [4.78, 5) is 10.8. The Kier molecular flexibility index (Phi) is 3.25. The number of aldehydes is 1. The maximum Gasteiger partial charge on any atom is 0.435 e. The molecule has 0 N–H and O–H groups in total. The summed E-state index contributed by atoms with van der Waals surface area (Å²) in [6, 6.07) is 7.21. The largest absolute Gasteiger partial charge is 0.435 e. The van der Waals surface area contributed by atoms with Crippen LogP contribution in [0.5, 0.6) is 0 Å². The first-order chi connectivity index (χ1) is 8.41. The number of alkyl halides is 3. The van der Waals surface area contributed by atoms with Gasteiger partial charge in [-0.1, -0.05) is 22.0 Å². The fourth-order valence-electron chi connectivity index (χ4n) is 1.43. The van der Waals surface area contributed by atoms with E-state index in [0.29, 0.717) is 22.5 Å². The molecule has 0 amide bonds. The molecule has 0 spiro atoms. The Hall–Kier alpha value is -1.63. The highest BCUT2D eigenvalue weighted by atomic mass is 79.9. The third-order valence-corrected chi connectivity index (χ3v) is 2.69. The lowest BCUT2D eigenvalue weighted by Crippen LogP contribution is -2.07. The van der Waals surface area contributed by atoms with Gasteiger partial charge in [0.1, 0.15) is 5.69 Å². The van der Waals surface area contributed by atoms with Crippen LogP contribution in [0.1, 0.15) is 16.2 Å². The molecule has 2 rings (SSSR count). The molecule has 0 bridgehead atoms. The lowest BCUT2D eigenvalue weighted by Gasteiger charge is -2.04. The lowest BCUT2D eigenvalue weighted by molar-refractivity contribution is -0.141. The molecule has 0 fully saturated rings. The lowest BCUT2D eigenvalue weighted by atomic mass is 10.3. The number of halogens is 4. The molecule has 0 unspecified atom stereocenters. The summed E-state index contributed by atoms with van der Waals surface area (Å²) in [6.07, 6.45) is -4.24. The molecule has 0 saturated carbocycles. The number of carbonyl (C=O) groups excluding carboxylic acids is 1. The molecule has 0 saturated heterocycles. The normalized spacial score (nSPS) is 11.6. The van der Waals surface area contributed by atoms with Crippen molar-refractivity contribution in [1.29, 1.82) is 0 Å². The summed E-state index contributed by atoms with van der Waals surface area (Å²) in [7, 11) is 0. The Morgan fingerprint density at radius 3 is 2.56 bits per heavy atom. The summed E-state index contributed by atoms with van der Waals surface area (Å²) in [5.41, 5.74) is -0.869. The predicted molar refractivity (Wildman–Crippen MR) is 61.7 cm³/mol. The maximum atomic E-state index is 12.5. The van der Waals surface area contributed by atoms with Crippen molar-refractivity contribution in [3.05, 3.63) is 46.2 Å². The average Bonchev–Trinajstić information content (AvgIpc) is 2.72. The second-order valence-electron chi connectivity index (χ2n) is 3.46. The quantitative estimate of drug-likeness (QED) is 0.795. The Bertz CT molecular complexity index is 592. The number of rotatable bonds is 2. The smallest absolute Gasteiger partial charge is 0.296 e. The van der Waals surface area contributed by atoms with Crippen LogP contribution in [-0.4, -0.2) is 16.1 Å². The Labute approximate surface area is 108 Å². The van der Waals surface area contributed by atoms with Gasteiger partial charge in [-0.05, 0) is 24.3 Å². The molecule has 2 aromatic rings. The first kappa shape index (κ1) is 12.8. The zero-order valence-corrected chi connectivity index (χ0v) is 10.4. The molecule has 0 radical (unpaired) electrons. The van der Waals surface area contributed by atoms with Gasteiger partial charge in [-0.15, -0.1) is 0 Å². The average molecular weight is 319 g/mol. The van der Waals surface area contributed by atoms with Gasteiger partial charge in [-0.25, -0.2) is 4.68 Å². The molecular weight excluding hydrogens is 313 g/mol. The Morgan fingerprint density at radius 1 is 1.28 bits per heavy atom. The van der Waals surface area contributed by atoms with Crippen molar-refractivity contribution in [2.24, 2.45) is 0 Å². The van der Waals surface area contributed by atoms with E-state index < -0.39 is 11.9 Å². The van der Waals surface area contributed by atoms with Gasteiger partial charge >= 0.3 is 6.18 Å². The first-order valence-electron chi connectivity index (χ1n) is 4.80. The summed E-state index contributed by atoms with van der Waals surface area (Å²) in [5.74, 6) is 0. The van der Waals surface area contributed by atoms with Crippen molar-refractivity contribution >= 4 is 22.2 Å². The number of hydrogen-bond acceptors (Lipinski definition) is 2. The van der Waals surface area contributed by atoms with Gasteiger partial charge in [-0.3, -0.25) is 4.79 Å². The summed E-state index contributed by atoms with van der Waals surface area (Å²) < 4.78 is 39.2. The standard InChI is InChI=1S/C11H6BrF3N2O/c12-7-2-1-3-8(4-7)17-9(6-18)5-10(16-17)11(13,14)15/h1-6H. The van der Waals surface area contributed by atoms with Crippen LogP contribution >= 0.6 is 15.9 Å². The van der Waals surface area contributed by atoms with E-state index in [1.165, 1.54) is 0 Å². The van der Waals surface area contributed by atoms with Crippen LogP contribution in [0.2, 0.25) is 0 Å². The van der Waals surface area contributed by atoms with Crippen molar-refractivity contribution in [1.82, 2.24) is 9.78 Å². The van der Waals surface area contributed by atoms with Gasteiger partial charge < -0.3 is 0 Å². The van der Waals surface area contributed by atoms with Gasteiger partial charge in [0, 0.05) is 4.47 Å². The van der Waals surface area contributed by atoms with E-state index in [4.69, 9.17) is 0 Å². The molecule has 0 aliphatic rings. The van der Waals surface area contributed by atoms with E-state index >= 15 is 0 Å². The molecule has 1 heterocycles. The van der Waals surface area contributed by atoms with E-state index in [0.717, 1.165) is 4.68 Å². The van der Waals surface area contributed by atoms with Crippen molar-refractivity contribution in [2.75, 3.05) is 0 Å². The van der Waals surface area contributed by atoms with E-state index in [1.54, 1.807) is 24.3 Å². The Morgan fingerprint density at radius 2 is 2.00 bits per heavy atom. The summed E-state index contributed by atoms with van der Waals surface area (Å²) in [5, 5.41) is 3.40. The molecule has 0 aliphatic carbocycles. The molecule has 7 heteroatoms. The molecule has 94 valence electrons. The third kappa shape index (κ3) is 2.45. The molecule has 0 atom stereocenters. The zero-order chi connectivity index (χ0) is 13.3.